The molecule has 6 heteroatoms. The number of rotatable bonds is 7. The Bertz CT molecular complexity index is 487. The van der Waals surface area contributed by atoms with Crippen molar-refractivity contribution in [3.05, 3.63) is 35.9 Å². The number of esters is 1. The summed E-state index contributed by atoms with van der Waals surface area (Å²) in [6, 6.07) is 9.40. The highest BCUT2D eigenvalue weighted by molar-refractivity contribution is 5.80. The van der Waals surface area contributed by atoms with Gasteiger partial charge in [-0.15, -0.1) is 0 Å². The van der Waals surface area contributed by atoms with Crippen LogP contribution in [0.5, 0.6) is 0 Å². The van der Waals surface area contributed by atoms with Crippen LogP contribution in [0.2, 0.25) is 0 Å². The second-order valence-electron chi connectivity index (χ2n) is 5.09. The molecule has 0 spiro atoms. The molecule has 0 aromatic heterocycles. The van der Waals surface area contributed by atoms with Crippen molar-refractivity contribution in [1.82, 2.24) is 10.6 Å². The number of nitrogens with zero attached hydrogens (tertiary/aromatic N) is 1. The molecular formula is C16H25N3O3. The van der Waals surface area contributed by atoms with E-state index in [1.807, 2.05) is 37.3 Å². The minimum atomic E-state index is -1.05. The summed E-state index contributed by atoms with van der Waals surface area (Å²) in [7, 11) is 1.36. The maximum atomic E-state index is 11.1. The largest absolute Gasteiger partial charge is 0.469 e. The monoisotopic (exact) mass is 307 g/mol. The Hall–Kier alpha value is -2.08. The normalized spacial score (nSPS) is 14.1. The number of carbonyl (C=O) groups excluding carboxylic acids is 1. The molecule has 0 saturated carbocycles. The molecule has 1 unspecified atom stereocenters. The third-order valence-electron chi connectivity index (χ3n) is 3.13. The molecule has 0 fully saturated rings. The second kappa shape index (κ2) is 9.04. The molecule has 0 saturated heterocycles. The number of aliphatic imine (C=N–C) groups is 1. The van der Waals surface area contributed by atoms with Gasteiger partial charge in [-0.1, -0.05) is 30.3 Å². The van der Waals surface area contributed by atoms with Gasteiger partial charge in [0.05, 0.1) is 20.1 Å². The van der Waals surface area contributed by atoms with Gasteiger partial charge in [0.2, 0.25) is 0 Å². The SMILES string of the molecule is CCNC(=NCC(C)(O)c1ccccc1)NCCC(=O)OC. The first-order valence-corrected chi connectivity index (χ1v) is 7.36. The summed E-state index contributed by atoms with van der Waals surface area (Å²) in [6.45, 7) is 5.00. The van der Waals surface area contributed by atoms with Crippen molar-refractivity contribution in [2.24, 2.45) is 4.99 Å². The van der Waals surface area contributed by atoms with Crippen molar-refractivity contribution in [2.75, 3.05) is 26.7 Å². The smallest absolute Gasteiger partial charge is 0.307 e. The number of hydrogen-bond donors (Lipinski definition) is 3. The third-order valence-corrected chi connectivity index (χ3v) is 3.13. The van der Waals surface area contributed by atoms with Crippen LogP contribution in [-0.4, -0.2) is 43.8 Å². The van der Waals surface area contributed by atoms with Crippen molar-refractivity contribution in [2.45, 2.75) is 25.9 Å². The predicted molar refractivity (Wildman–Crippen MR) is 86.6 cm³/mol. The molecule has 6 nitrogen and oxygen atoms in total. The van der Waals surface area contributed by atoms with Gasteiger partial charge in [-0.2, -0.15) is 0 Å². The number of carbonyl (C=O) groups is 1. The Balaban J connectivity index is 2.62. The first-order chi connectivity index (χ1) is 10.5. The minimum absolute atomic E-state index is 0.213. The Morgan fingerprint density at radius 3 is 2.59 bits per heavy atom. The number of guanidine groups is 1. The van der Waals surface area contributed by atoms with Crippen LogP contribution in [-0.2, 0) is 15.1 Å². The number of nitrogens with one attached hydrogen (secondary N) is 2. The number of aliphatic hydroxyl groups is 1. The van der Waals surface area contributed by atoms with Crippen molar-refractivity contribution >= 4 is 11.9 Å². The molecular weight excluding hydrogens is 282 g/mol. The molecule has 0 bridgehead atoms. The van der Waals surface area contributed by atoms with Crippen molar-refractivity contribution in [3.63, 3.8) is 0 Å². The summed E-state index contributed by atoms with van der Waals surface area (Å²) in [6.07, 6.45) is 0.260. The summed E-state index contributed by atoms with van der Waals surface area (Å²) in [5, 5.41) is 16.6. The van der Waals surface area contributed by atoms with Crippen molar-refractivity contribution < 1.29 is 14.6 Å². The molecule has 0 amide bonds. The molecule has 1 rings (SSSR count). The molecule has 1 atom stereocenters. The zero-order valence-corrected chi connectivity index (χ0v) is 13.4. The first-order valence-electron chi connectivity index (χ1n) is 7.36. The lowest BCUT2D eigenvalue weighted by molar-refractivity contribution is -0.140. The molecule has 0 aliphatic carbocycles. The average molecular weight is 307 g/mol. The van der Waals surface area contributed by atoms with Gasteiger partial charge in [0.25, 0.3) is 0 Å². The van der Waals surface area contributed by atoms with Gasteiger partial charge in [-0.25, -0.2) is 4.99 Å². The van der Waals surface area contributed by atoms with E-state index in [0.717, 1.165) is 5.56 Å². The fourth-order valence-corrected chi connectivity index (χ4v) is 1.85. The molecule has 0 aliphatic rings. The Labute approximate surface area is 131 Å². The van der Waals surface area contributed by atoms with Gasteiger partial charge in [-0.3, -0.25) is 4.79 Å². The number of hydrogen-bond acceptors (Lipinski definition) is 4. The van der Waals surface area contributed by atoms with Crippen LogP contribution in [0, 0.1) is 0 Å². The van der Waals surface area contributed by atoms with Crippen LogP contribution >= 0.6 is 0 Å². The highest BCUT2D eigenvalue weighted by atomic mass is 16.5. The summed E-state index contributed by atoms with van der Waals surface area (Å²) < 4.78 is 4.58. The molecule has 1 aromatic carbocycles. The van der Waals surface area contributed by atoms with Crippen LogP contribution in [0.4, 0.5) is 0 Å². The molecule has 0 aliphatic heterocycles. The topological polar surface area (TPSA) is 83.0 Å². The van der Waals surface area contributed by atoms with Crippen LogP contribution in [0.15, 0.2) is 35.3 Å². The summed E-state index contributed by atoms with van der Waals surface area (Å²) in [5.41, 5.74) is -0.240. The van der Waals surface area contributed by atoms with E-state index in [4.69, 9.17) is 0 Å². The molecule has 22 heavy (non-hydrogen) atoms. The minimum Gasteiger partial charge on any atom is -0.469 e. The molecule has 122 valence electrons. The fraction of sp³-hybridized carbons (Fsp3) is 0.500. The van der Waals surface area contributed by atoms with E-state index in [1.54, 1.807) is 6.92 Å². The van der Waals surface area contributed by atoms with Gasteiger partial charge in [-0.05, 0) is 19.4 Å². The van der Waals surface area contributed by atoms with E-state index in [9.17, 15) is 9.90 Å². The highest BCUT2D eigenvalue weighted by Gasteiger charge is 2.22. The van der Waals surface area contributed by atoms with Gasteiger partial charge in [0.15, 0.2) is 5.96 Å². The van der Waals surface area contributed by atoms with Gasteiger partial charge in [0.1, 0.15) is 5.60 Å². The van der Waals surface area contributed by atoms with Crippen molar-refractivity contribution in [3.8, 4) is 0 Å². The lowest BCUT2D eigenvalue weighted by atomic mass is 9.96. The fourth-order valence-electron chi connectivity index (χ4n) is 1.85. The number of benzene rings is 1. The van der Waals surface area contributed by atoms with E-state index in [1.165, 1.54) is 7.11 Å². The van der Waals surface area contributed by atoms with Crippen LogP contribution in [0.3, 0.4) is 0 Å². The van der Waals surface area contributed by atoms with Gasteiger partial charge < -0.3 is 20.5 Å². The van der Waals surface area contributed by atoms with E-state index >= 15 is 0 Å². The molecule has 0 heterocycles. The van der Waals surface area contributed by atoms with Crippen LogP contribution in [0.25, 0.3) is 0 Å². The molecule has 0 radical (unpaired) electrons. The standard InChI is InChI=1S/C16H25N3O3/c1-4-17-15(18-11-10-14(20)22-3)19-12-16(2,21)13-8-6-5-7-9-13/h5-9,21H,4,10-12H2,1-3H3,(H2,17,18,19). The molecule has 1 aromatic rings. The zero-order valence-electron chi connectivity index (χ0n) is 13.4. The maximum Gasteiger partial charge on any atom is 0.307 e. The molecule has 3 N–H and O–H groups in total. The van der Waals surface area contributed by atoms with E-state index in [0.29, 0.717) is 19.0 Å². The lowest BCUT2D eigenvalue weighted by Crippen LogP contribution is -2.39. The van der Waals surface area contributed by atoms with E-state index in [-0.39, 0.29) is 18.9 Å². The Morgan fingerprint density at radius 2 is 2.00 bits per heavy atom. The lowest BCUT2D eigenvalue weighted by Gasteiger charge is -2.22. The average Bonchev–Trinajstić information content (AvgIpc) is 2.53. The second-order valence-corrected chi connectivity index (χ2v) is 5.09. The summed E-state index contributed by atoms with van der Waals surface area (Å²) >= 11 is 0. The summed E-state index contributed by atoms with van der Waals surface area (Å²) in [5.74, 6) is 0.280. The quantitative estimate of drug-likeness (QED) is 0.398. The number of methoxy groups -OCH3 is 1. The Kier molecular flexibility index (Phi) is 7.39. The Morgan fingerprint density at radius 1 is 1.32 bits per heavy atom. The highest BCUT2D eigenvalue weighted by Crippen LogP contribution is 2.20. The van der Waals surface area contributed by atoms with Crippen LogP contribution in [0.1, 0.15) is 25.8 Å². The first kappa shape index (κ1) is 18.0. The zero-order chi connectivity index (χ0) is 16.4. The number of ether oxygens (including phenoxy) is 1. The van der Waals surface area contributed by atoms with Gasteiger partial charge in [0, 0.05) is 13.1 Å². The predicted octanol–water partition coefficient (Wildman–Crippen LogP) is 1.01. The third kappa shape index (κ3) is 6.13. The van der Waals surface area contributed by atoms with Crippen LogP contribution < -0.4 is 10.6 Å². The maximum absolute atomic E-state index is 11.1. The summed E-state index contributed by atoms with van der Waals surface area (Å²) in [4.78, 5) is 15.5. The van der Waals surface area contributed by atoms with E-state index < -0.39 is 5.60 Å². The van der Waals surface area contributed by atoms with Crippen molar-refractivity contribution in [1.29, 1.82) is 0 Å². The van der Waals surface area contributed by atoms with Gasteiger partial charge >= 0.3 is 5.97 Å². The van der Waals surface area contributed by atoms with E-state index in [2.05, 4.69) is 20.4 Å².